The summed E-state index contributed by atoms with van der Waals surface area (Å²) in [5.74, 6) is 2.36. The molecule has 1 fully saturated rings. The minimum atomic E-state index is 0.0254. The Hall–Kier alpha value is -3.00. The number of aryl methyl sites for hydroxylation is 1. The van der Waals surface area contributed by atoms with Gasteiger partial charge in [0.2, 0.25) is 11.8 Å². The van der Waals surface area contributed by atoms with Gasteiger partial charge in [-0.2, -0.15) is 0 Å². The number of ether oxygens (including phenoxy) is 2. The van der Waals surface area contributed by atoms with E-state index in [2.05, 4.69) is 0 Å². The highest BCUT2D eigenvalue weighted by Gasteiger charge is 2.34. The Labute approximate surface area is 188 Å². The van der Waals surface area contributed by atoms with E-state index in [4.69, 9.17) is 19.4 Å². The van der Waals surface area contributed by atoms with Crippen LogP contribution in [0.4, 0.5) is 5.82 Å². The van der Waals surface area contributed by atoms with Crippen molar-refractivity contribution in [2.24, 2.45) is 0 Å². The number of amides is 2. The second-order valence-electron chi connectivity index (χ2n) is 8.40. The van der Waals surface area contributed by atoms with E-state index in [0.717, 1.165) is 47.8 Å². The molecule has 2 aliphatic heterocycles. The molecule has 170 valence electrons. The fourth-order valence-electron chi connectivity index (χ4n) is 4.46. The molecular weight excluding hydrogens is 408 g/mol. The van der Waals surface area contributed by atoms with E-state index < -0.39 is 0 Å². The molecule has 2 aromatic rings. The first kappa shape index (κ1) is 22.2. The Balaban J connectivity index is 1.57. The minimum absolute atomic E-state index is 0.0254. The van der Waals surface area contributed by atoms with Crippen LogP contribution < -0.4 is 9.64 Å². The predicted molar refractivity (Wildman–Crippen MR) is 120 cm³/mol. The van der Waals surface area contributed by atoms with Crippen LogP contribution in [-0.4, -0.2) is 60.6 Å². The number of fused-ring (bicyclic) bond motifs is 1. The van der Waals surface area contributed by atoms with Crippen molar-refractivity contribution >= 4 is 17.6 Å². The summed E-state index contributed by atoms with van der Waals surface area (Å²) in [5, 5.41) is 0. The quantitative estimate of drug-likeness (QED) is 0.661. The van der Waals surface area contributed by atoms with E-state index in [0.29, 0.717) is 38.4 Å². The third kappa shape index (κ3) is 4.60. The van der Waals surface area contributed by atoms with Crippen LogP contribution in [0.1, 0.15) is 47.8 Å². The van der Waals surface area contributed by atoms with Gasteiger partial charge in [0.25, 0.3) is 0 Å². The number of rotatable bonds is 7. The molecule has 0 saturated carbocycles. The molecule has 1 atom stereocenters. The zero-order chi connectivity index (χ0) is 22.7. The zero-order valence-electron chi connectivity index (χ0n) is 19.0. The van der Waals surface area contributed by atoms with E-state index >= 15 is 0 Å². The zero-order valence-corrected chi connectivity index (χ0v) is 19.0. The van der Waals surface area contributed by atoms with Gasteiger partial charge in [-0.05, 0) is 37.5 Å². The smallest absolute Gasteiger partial charge is 0.233 e. The molecule has 2 amide bonds. The number of hydrogen-bond acceptors (Lipinski definition) is 6. The second kappa shape index (κ2) is 9.65. The Morgan fingerprint density at radius 3 is 2.88 bits per heavy atom. The maximum Gasteiger partial charge on any atom is 0.233 e. The van der Waals surface area contributed by atoms with Crippen molar-refractivity contribution in [1.29, 1.82) is 0 Å². The Morgan fingerprint density at radius 2 is 2.09 bits per heavy atom. The SMILES string of the molecule is COCCC(=O)N1CCC[C@@H](c2nc(C)c3c(n2)N(Cc2cccc(OC)c2)C(=O)C3)C1. The van der Waals surface area contributed by atoms with E-state index in [1.165, 1.54) is 0 Å². The minimum Gasteiger partial charge on any atom is -0.497 e. The number of carbonyl (C=O) groups is 2. The fourth-order valence-corrected chi connectivity index (χ4v) is 4.46. The summed E-state index contributed by atoms with van der Waals surface area (Å²) >= 11 is 0. The summed E-state index contributed by atoms with van der Waals surface area (Å²) in [4.78, 5) is 38.6. The number of likely N-dealkylation sites (tertiary alicyclic amines) is 1. The number of aromatic nitrogens is 2. The van der Waals surface area contributed by atoms with Crippen LogP contribution >= 0.6 is 0 Å². The molecule has 8 nitrogen and oxygen atoms in total. The largest absolute Gasteiger partial charge is 0.497 e. The van der Waals surface area contributed by atoms with Crippen molar-refractivity contribution in [1.82, 2.24) is 14.9 Å². The second-order valence-corrected chi connectivity index (χ2v) is 8.40. The van der Waals surface area contributed by atoms with Gasteiger partial charge in [0.1, 0.15) is 17.4 Å². The van der Waals surface area contributed by atoms with E-state index in [-0.39, 0.29) is 17.7 Å². The van der Waals surface area contributed by atoms with Gasteiger partial charge < -0.3 is 14.4 Å². The van der Waals surface area contributed by atoms with Crippen LogP contribution in [0.2, 0.25) is 0 Å². The topological polar surface area (TPSA) is 84.9 Å². The lowest BCUT2D eigenvalue weighted by Gasteiger charge is -2.32. The predicted octanol–water partition coefficient (Wildman–Crippen LogP) is 2.63. The fraction of sp³-hybridized carbons (Fsp3) is 0.500. The standard InChI is InChI=1S/C24H30N4O4/c1-16-20-13-22(30)28(14-17-6-4-8-19(12-17)32-3)24(20)26-23(25-16)18-7-5-10-27(15-18)21(29)9-11-31-2/h4,6,8,12,18H,5,7,9-11,13-15H2,1-3H3/t18-/m1/s1. The van der Waals surface area contributed by atoms with Crippen molar-refractivity contribution < 1.29 is 19.1 Å². The Kier molecular flexibility index (Phi) is 6.69. The number of nitrogens with zero attached hydrogens (tertiary/aromatic N) is 4. The van der Waals surface area contributed by atoms with Gasteiger partial charge in [-0.1, -0.05) is 12.1 Å². The molecular formula is C24H30N4O4. The lowest BCUT2D eigenvalue weighted by Crippen LogP contribution is -2.40. The van der Waals surface area contributed by atoms with E-state index in [1.54, 1.807) is 19.1 Å². The van der Waals surface area contributed by atoms with Gasteiger partial charge in [0.05, 0.1) is 33.1 Å². The van der Waals surface area contributed by atoms with Crippen molar-refractivity contribution in [3.63, 3.8) is 0 Å². The molecule has 0 bridgehead atoms. The number of piperidine rings is 1. The van der Waals surface area contributed by atoms with Crippen LogP contribution in [0.5, 0.6) is 5.75 Å². The summed E-state index contributed by atoms with van der Waals surface area (Å²) in [7, 11) is 3.23. The average Bonchev–Trinajstić information content (AvgIpc) is 3.13. The molecule has 3 heterocycles. The lowest BCUT2D eigenvalue weighted by molar-refractivity contribution is -0.133. The third-order valence-corrected chi connectivity index (χ3v) is 6.23. The summed E-state index contributed by atoms with van der Waals surface area (Å²) in [6.45, 7) is 4.16. The summed E-state index contributed by atoms with van der Waals surface area (Å²) in [6.07, 6.45) is 2.54. The number of carbonyl (C=O) groups excluding carboxylic acids is 2. The van der Waals surface area contributed by atoms with Gasteiger partial charge in [-0.25, -0.2) is 9.97 Å². The number of hydrogen-bond donors (Lipinski definition) is 0. The molecule has 32 heavy (non-hydrogen) atoms. The normalized spacial score (nSPS) is 18.1. The van der Waals surface area contributed by atoms with Crippen LogP contribution in [0.3, 0.4) is 0 Å². The highest BCUT2D eigenvalue weighted by molar-refractivity contribution is 6.00. The number of benzene rings is 1. The van der Waals surface area contributed by atoms with Crippen molar-refractivity contribution in [3.8, 4) is 5.75 Å². The number of anilines is 1. The molecule has 0 aliphatic carbocycles. The molecule has 0 unspecified atom stereocenters. The van der Waals surface area contributed by atoms with Gasteiger partial charge in [-0.3, -0.25) is 14.5 Å². The molecule has 4 rings (SSSR count). The molecule has 8 heteroatoms. The maximum absolute atomic E-state index is 12.8. The van der Waals surface area contributed by atoms with E-state index in [9.17, 15) is 9.59 Å². The molecule has 0 radical (unpaired) electrons. The molecule has 1 aromatic carbocycles. The molecule has 1 saturated heterocycles. The van der Waals surface area contributed by atoms with Gasteiger partial charge in [0.15, 0.2) is 0 Å². The van der Waals surface area contributed by atoms with Gasteiger partial charge in [0, 0.05) is 37.4 Å². The van der Waals surface area contributed by atoms with Crippen LogP contribution in [0, 0.1) is 6.92 Å². The van der Waals surface area contributed by atoms with Crippen molar-refractivity contribution in [2.45, 2.75) is 45.1 Å². The highest BCUT2D eigenvalue weighted by Crippen LogP contribution is 2.34. The lowest BCUT2D eigenvalue weighted by atomic mass is 9.96. The van der Waals surface area contributed by atoms with Crippen LogP contribution in [0.25, 0.3) is 0 Å². The van der Waals surface area contributed by atoms with E-state index in [1.807, 2.05) is 36.1 Å². The monoisotopic (exact) mass is 438 g/mol. The highest BCUT2D eigenvalue weighted by atomic mass is 16.5. The Morgan fingerprint density at radius 1 is 1.25 bits per heavy atom. The first-order valence-corrected chi connectivity index (χ1v) is 11.1. The van der Waals surface area contributed by atoms with Gasteiger partial charge >= 0.3 is 0 Å². The summed E-state index contributed by atoms with van der Waals surface area (Å²) < 4.78 is 10.4. The van der Waals surface area contributed by atoms with Crippen molar-refractivity contribution in [2.75, 3.05) is 38.8 Å². The summed E-state index contributed by atoms with van der Waals surface area (Å²) in [5.41, 5.74) is 2.72. The van der Waals surface area contributed by atoms with Crippen LogP contribution in [-0.2, 0) is 27.3 Å². The average molecular weight is 439 g/mol. The molecule has 1 aromatic heterocycles. The van der Waals surface area contributed by atoms with Gasteiger partial charge in [-0.15, -0.1) is 0 Å². The summed E-state index contributed by atoms with van der Waals surface area (Å²) in [6, 6.07) is 7.72. The maximum atomic E-state index is 12.8. The Bertz CT molecular complexity index is 1010. The first-order valence-electron chi connectivity index (χ1n) is 11.1. The molecule has 2 aliphatic rings. The van der Waals surface area contributed by atoms with Crippen LogP contribution in [0.15, 0.2) is 24.3 Å². The molecule has 0 N–H and O–H groups in total. The molecule has 0 spiro atoms. The first-order chi connectivity index (χ1) is 15.5. The third-order valence-electron chi connectivity index (χ3n) is 6.23. The number of methoxy groups -OCH3 is 2. The van der Waals surface area contributed by atoms with Crippen molar-refractivity contribution in [3.05, 3.63) is 46.9 Å².